The largest absolute Gasteiger partial charge is 1.00 e. The summed E-state index contributed by atoms with van der Waals surface area (Å²) in [6.45, 7) is -0.101. The molecule has 1 rings (SSSR count). The molecular formula is C8H9NaO4S. The second-order valence-electron chi connectivity index (χ2n) is 2.47. The summed E-state index contributed by atoms with van der Waals surface area (Å²) in [4.78, 5) is 0. The van der Waals surface area contributed by atoms with Crippen LogP contribution in [-0.4, -0.2) is 19.6 Å². The van der Waals surface area contributed by atoms with Crippen LogP contribution in [0.15, 0.2) is 30.3 Å². The minimum atomic E-state index is -4.54. The summed E-state index contributed by atoms with van der Waals surface area (Å²) in [6.07, 6.45) is 0.419. The van der Waals surface area contributed by atoms with Crippen LogP contribution in [0.25, 0.3) is 0 Å². The third-order valence-corrected chi connectivity index (χ3v) is 1.92. The number of rotatable bonds is 4. The molecule has 0 aliphatic heterocycles. The third kappa shape index (κ3) is 6.53. The Hall–Kier alpha value is 0.0900. The van der Waals surface area contributed by atoms with Crippen molar-refractivity contribution in [2.24, 2.45) is 0 Å². The van der Waals surface area contributed by atoms with Gasteiger partial charge in [0.25, 0.3) is 0 Å². The van der Waals surface area contributed by atoms with E-state index in [4.69, 9.17) is 0 Å². The Labute approximate surface area is 106 Å². The average molecular weight is 224 g/mol. The molecule has 0 bridgehead atoms. The zero-order valence-corrected chi connectivity index (χ0v) is 10.7. The minimum Gasteiger partial charge on any atom is -0.726 e. The predicted molar refractivity (Wildman–Crippen MR) is 45.8 cm³/mol. The summed E-state index contributed by atoms with van der Waals surface area (Å²) in [6, 6.07) is 9.19. The quantitative estimate of drug-likeness (QED) is 0.328. The molecule has 1 aromatic rings. The first-order valence-electron chi connectivity index (χ1n) is 3.72. The molecule has 0 aliphatic rings. The predicted octanol–water partition coefficient (Wildman–Crippen LogP) is -2.29. The first kappa shape index (κ1) is 14.1. The van der Waals surface area contributed by atoms with E-state index in [0.717, 1.165) is 5.56 Å². The van der Waals surface area contributed by atoms with Crippen molar-refractivity contribution in [3.63, 3.8) is 0 Å². The number of hydrogen-bond donors (Lipinski definition) is 0. The van der Waals surface area contributed by atoms with Crippen molar-refractivity contribution in [1.29, 1.82) is 0 Å². The van der Waals surface area contributed by atoms with Crippen LogP contribution >= 0.6 is 0 Å². The molecule has 0 N–H and O–H groups in total. The standard InChI is InChI=1S/C8H10O4S.Na/c9-13(10,11)12-7-6-8-4-2-1-3-5-8;/h1-5H,6-7H2,(H,9,10,11);/q;+1/p-1. The van der Waals surface area contributed by atoms with E-state index >= 15 is 0 Å². The summed E-state index contributed by atoms with van der Waals surface area (Å²) in [5, 5.41) is 0. The monoisotopic (exact) mass is 224 g/mol. The summed E-state index contributed by atoms with van der Waals surface area (Å²) in [5.74, 6) is 0. The smallest absolute Gasteiger partial charge is 0.726 e. The summed E-state index contributed by atoms with van der Waals surface area (Å²) < 4.78 is 34.2. The molecule has 0 saturated heterocycles. The van der Waals surface area contributed by atoms with E-state index in [9.17, 15) is 13.0 Å². The Morgan fingerprint density at radius 2 is 1.79 bits per heavy atom. The van der Waals surface area contributed by atoms with Crippen molar-refractivity contribution in [3.8, 4) is 0 Å². The molecule has 0 aromatic heterocycles. The molecule has 0 atom stereocenters. The van der Waals surface area contributed by atoms with Gasteiger partial charge in [0.2, 0.25) is 10.4 Å². The van der Waals surface area contributed by atoms with Crippen LogP contribution in [-0.2, 0) is 21.0 Å². The summed E-state index contributed by atoms with van der Waals surface area (Å²) in [7, 11) is -4.54. The van der Waals surface area contributed by atoms with Crippen molar-refractivity contribution in [3.05, 3.63) is 35.9 Å². The molecule has 14 heavy (non-hydrogen) atoms. The molecule has 0 spiro atoms. The topological polar surface area (TPSA) is 66.4 Å². The molecule has 0 aliphatic carbocycles. The average Bonchev–Trinajstić information content (AvgIpc) is 2.04. The molecule has 1 aromatic carbocycles. The van der Waals surface area contributed by atoms with E-state index in [2.05, 4.69) is 4.18 Å². The van der Waals surface area contributed by atoms with Gasteiger partial charge >= 0.3 is 29.6 Å². The Morgan fingerprint density at radius 3 is 2.29 bits per heavy atom. The van der Waals surface area contributed by atoms with Gasteiger partial charge in [-0.3, -0.25) is 4.18 Å². The van der Waals surface area contributed by atoms with Gasteiger partial charge in [-0.1, -0.05) is 30.3 Å². The number of hydrogen-bond acceptors (Lipinski definition) is 4. The van der Waals surface area contributed by atoms with Crippen LogP contribution in [0.1, 0.15) is 5.56 Å². The van der Waals surface area contributed by atoms with Crippen LogP contribution in [0.4, 0.5) is 0 Å². The normalized spacial score (nSPS) is 10.6. The van der Waals surface area contributed by atoms with E-state index in [1.807, 2.05) is 30.3 Å². The van der Waals surface area contributed by atoms with Gasteiger partial charge in [-0.25, -0.2) is 8.42 Å². The van der Waals surface area contributed by atoms with Crippen LogP contribution in [0.3, 0.4) is 0 Å². The zero-order valence-electron chi connectivity index (χ0n) is 7.84. The van der Waals surface area contributed by atoms with Gasteiger partial charge in [0.1, 0.15) is 0 Å². The van der Waals surface area contributed by atoms with E-state index in [0.29, 0.717) is 6.42 Å². The molecule has 6 heteroatoms. The molecule has 0 heterocycles. The molecule has 0 fully saturated rings. The van der Waals surface area contributed by atoms with Crippen molar-refractivity contribution >= 4 is 10.4 Å². The second-order valence-corrected chi connectivity index (χ2v) is 3.52. The maximum absolute atomic E-state index is 10.0. The van der Waals surface area contributed by atoms with E-state index < -0.39 is 10.4 Å². The van der Waals surface area contributed by atoms with Gasteiger partial charge in [-0.2, -0.15) is 0 Å². The van der Waals surface area contributed by atoms with Crippen LogP contribution in [0, 0.1) is 0 Å². The molecular weight excluding hydrogens is 215 g/mol. The minimum absolute atomic E-state index is 0. The van der Waals surface area contributed by atoms with Gasteiger partial charge in [0.05, 0.1) is 6.61 Å². The molecule has 4 nitrogen and oxygen atoms in total. The molecule has 0 unspecified atom stereocenters. The third-order valence-electron chi connectivity index (χ3n) is 1.46. The van der Waals surface area contributed by atoms with Crippen LogP contribution < -0.4 is 29.6 Å². The Morgan fingerprint density at radius 1 is 1.21 bits per heavy atom. The molecule has 0 radical (unpaired) electrons. The van der Waals surface area contributed by atoms with Gasteiger partial charge in [0, 0.05) is 0 Å². The van der Waals surface area contributed by atoms with Crippen molar-refractivity contribution in [2.45, 2.75) is 6.42 Å². The fourth-order valence-electron chi connectivity index (χ4n) is 0.906. The van der Waals surface area contributed by atoms with Crippen LogP contribution in [0.5, 0.6) is 0 Å². The van der Waals surface area contributed by atoms with Crippen molar-refractivity contribution in [2.75, 3.05) is 6.61 Å². The molecule has 0 amide bonds. The fraction of sp³-hybridized carbons (Fsp3) is 0.250. The maximum Gasteiger partial charge on any atom is 1.00 e. The first-order valence-corrected chi connectivity index (χ1v) is 5.05. The van der Waals surface area contributed by atoms with Gasteiger partial charge in [-0.15, -0.1) is 0 Å². The van der Waals surface area contributed by atoms with E-state index in [-0.39, 0.29) is 36.2 Å². The Balaban J connectivity index is 0.00000169. The number of benzene rings is 1. The van der Waals surface area contributed by atoms with E-state index in [1.54, 1.807) is 0 Å². The second kappa shape index (κ2) is 6.55. The Kier molecular flexibility index (Phi) is 6.59. The maximum atomic E-state index is 10.0. The fourth-order valence-corrected chi connectivity index (χ4v) is 1.19. The first-order chi connectivity index (χ1) is 6.08. The van der Waals surface area contributed by atoms with Gasteiger partial charge in [0.15, 0.2) is 0 Å². The SMILES string of the molecule is O=S(=O)([O-])OCCc1ccccc1.[Na+]. The van der Waals surface area contributed by atoms with Gasteiger partial charge in [-0.05, 0) is 12.0 Å². The van der Waals surface area contributed by atoms with Crippen LogP contribution in [0.2, 0.25) is 0 Å². The summed E-state index contributed by atoms with van der Waals surface area (Å²) >= 11 is 0. The van der Waals surface area contributed by atoms with Gasteiger partial charge < -0.3 is 4.55 Å². The summed E-state index contributed by atoms with van der Waals surface area (Å²) in [5.41, 5.74) is 0.936. The van der Waals surface area contributed by atoms with Crippen molar-refractivity contribution < 1.29 is 46.7 Å². The molecule has 72 valence electrons. The zero-order chi connectivity index (χ0) is 9.73. The van der Waals surface area contributed by atoms with E-state index in [1.165, 1.54) is 0 Å². The molecule has 0 saturated carbocycles. The Bertz CT molecular complexity index is 349. The van der Waals surface area contributed by atoms with Crippen molar-refractivity contribution in [1.82, 2.24) is 0 Å².